The second kappa shape index (κ2) is 8.53. The number of rotatable bonds is 7. The van der Waals surface area contributed by atoms with Crippen LogP contribution in [-0.2, 0) is 19.3 Å². The summed E-state index contributed by atoms with van der Waals surface area (Å²) in [6.45, 7) is 4.16. The van der Waals surface area contributed by atoms with Gasteiger partial charge in [-0.25, -0.2) is 4.39 Å². The van der Waals surface area contributed by atoms with Crippen molar-refractivity contribution in [3.05, 3.63) is 76.6 Å². The molecule has 0 nitrogen and oxygen atoms in total. The van der Waals surface area contributed by atoms with Crippen molar-refractivity contribution in [2.45, 2.75) is 46.0 Å². The highest BCUT2D eigenvalue weighted by atomic mass is 19.1. The van der Waals surface area contributed by atoms with Crippen LogP contribution in [0.3, 0.4) is 0 Å². The zero-order valence-electron chi connectivity index (χ0n) is 13.6. The normalized spacial score (nSPS) is 11.7. The molecule has 0 aromatic heterocycles. The molecule has 0 unspecified atom stereocenters. The Morgan fingerprint density at radius 2 is 1.32 bits per heavy atom. The Kier molecular flexibility index (Phi) is 6.39. The Balaban J connectivity index is 1.92. The third-order valence-electron chi connectivity index (χ3n) is 3.93. The van der Waals surface area contributed by atoms with E-state index in [1.807, 2.05) is 19.1 Å². The molecule has 0 atom stereocenters. The number of allylic oxidation sites excluding steroid dienone is 1. The summed E-state index contributed by atoms with van der Waals surface area (Å²) in [4.78, 5) is 0. The molecule has 1 heteroatoms. The van der Waals surface area contributed by atoms with Gasteiger partial charge in [-0.3, -0.25) is 0 Å². The molecule has 22 heavy (non-hydrogen) atoms. The molecule has 2 aromatic rings. The van der Waals surface area contributed by atoms with Crippen molar-refractivity contribution >= 4 is 6.08 Å². The maximum absolute atomic E-state index is 13.5. The van der Waals surface area contributed by atoms with Crippen molar-refractivity contribution < 1.29 is 4.39 Å². The molecule has 0 saturated heterocycles. The van der Waals surface area contributed by atoms with Gasteiger partial charge in [0.05, 0.1) is 0 Å². The van der Waals surface area contributed by atoms with Crippen molar-refractivity contribution in [1.82, 2.24) is 0 Å². The van der Waals surface area contributed by atoms with E-state index < -0.39 is 0 Å². The first-order valence-corrected chi connectivity index (χ1v) is 8.24. The lowest BCUT2D eigenvalue weighted by Gasteiger charge is -2.04. The second-order valence-corrected chi connectivity index (χ2v) is 5.75. The molecule has 0 N–H and O–H groups in total. The minimum absolute atomic E-state index is 0.0359. The quantitative estimate of drug-likeness (QED) is 0.575. The van der Waals surface area contributed by atoms with Crippen LogP contribution in [0.2, 0.25) is 0 Å². The van der Waals surface area contributed by atoms with Gasteiger partial charge in [0.2, 0.25) is 0 Å². The second-order valence-electron chi connectivity index (χ2n) is 5.75. The van der Waals surface area contributed by atoms with Crippen molar-refractivity contribution in [3.63, 3.8) is 0 Å². The average Bonchev–Trinajstić information content (AvgIpc) is 2.55. The molecule has 0 saturated carbocycles. The van der Waals surface area contributed by atoms with Crippen LogP contribution in [0.5, 0.6) is 0 Å². The summed E-state index contributed by atoms with van der Waals surface area (Å²) in [5, 5.41) is 0. The van der Waals surface area contributed by atoms with E-state index in [1.54, 1.807) is 6.08 Å². The molecular formula is C21H25F. The summed E-state index contributed by atoms with van der Waals surface area (Å²) < 4.78 is 13.5. The monoisotopic (exact) mass is 296 g/mol. The largest absolute Gasteiger partial charge is 0.212 e. The SMILES string of the molecule is CCCC(F)=Cc1ccc(CCc2ccc(CC)cc2)cc1. The summed E-state index contributed by atoms with van der Waals surface area (Å²) in [6, 6.07) is 17.1. The van der Waals surface area contributed by atoms with Gasteiger partial charge < -0.3 is 0 Å². The van der Waals surface area contributed by atoms with Gasteiger partial charge in [0.15, 0.2) is 0 Å². The number of hydrogen-bond donors (Lipinski definition) is 0. The summed E-state index contributed by atoms with van der Waals surface area (Å²) >= 11 is 0. The first kappa shape index (κ1) is 16.5. The number of hydrogen-bond acceptors (Lipinski definition) is 0. The van der Waals surface area contributed by atoms with E-state index in [4.69, 9.17) is 0 Å². The smallest absolute Gasteiger partial charge is 0.100 e. The molecule has 0 bridgehead atoms. The fourth-order valence-electron chi connectivity index (χ4n) is 2.50. The van der Waals surface area contributed by atoms with Gasteiger partial charge >= 0.3 is 0 Å². The molecule has 2 rings (SSSR count). The van der Waals surface area contributed by atoms with Crippen LogP contribution >= 0.6 is 0 Å². The van der Waals surface area contributed by atoms with Crippen LogP contribution in [-0.4, -0.2) is 0 Å². The highest BCUT2D eigenvalue weighted by molar-refractivity contribution is 5.51. The lowest BCUT2D eigenvalue weighted by molar-refractivity contribution is 0.591. The summed E-state index contributed by atoms with van der Waals surface area (Å²) in [7, 11) is 0. The third kappa shape index (κ3) is 5.14. The Labute approximate surface area is 133 Å². The molecule has 0 heterocycles. The molecule has 116 valence electrons. The highest BCUT2D eigenvalue weighted by Crippen LogP contribution is 2.15. The van der Waals surface area contributed by atoms with Crippen LogP contribution in [0.4, 0.5) is 4.39 Å². The van der Waals surface area contributed by atoms with Gasteiger partial charge in [-0.15, -0.1) is 0 Å². The summed E-state index contributed by atoms with van der Waals surface area (Å²) in [5.74, 6) is -0.0359. The molecule has 0 aliphatic rings. The third-order valence-corrected chi connectivity index (χ3v) is 3.93. The van der Waals surface area contributed by atoms with Crippen LogP contribution in [0, 0.1) is 0 Å². The van der Waals surface area contributed by atoms with Gasteiger partial charge in [-0.05, 0) is 60.4 Å². The van der Waals surface area contributed by atoms with Crippen LogP contribution < -0.4 is 0 Å². The Morgan fingerprint density at radius 1 is 0.818 bits per heavy atom. The van der Waals surface area contributed by atoms with Gasteiger partial charge in [-0.1, -0.05) is 62.4 Å². The van der Waals surface area contributed by atoms with Crippen molar-refractivity contribution in [2.75, 3.05) is 0 Å². The lowest BCUT2D eigenvalue weighted by Crippen LogP contribution is -1.92. The topological polar surface area (TPSA) is 0 Å². The van der Waals surface area contributed by atoms with Crippen molar-refractivity contribution in [3.8, 4) is 0 Å². The highest BCUT2D eigenvalue weighted by Gasteiger charge is 1.98. The van der Waals surface area contributed by atoms with Crippen LogP contribution in [0.25, 0.3) is 6.08 Å². The van der Waals surface area contributed by atoms with E-state index in [0.717, 1.165) is 31.2 Å². The fourth-order valence-corrected chi connectivity index (χ4v) is 2.50. The van der Waals surface area contributed by atoms with Crippen molar-refractivity contribution in [2.24, 2.45) is 0 Å². The van der Waals surface area contributed by atoms with Crippen LogP contribution in [0.1, 0.15) is 48.9 Å². The van der Waals surface area contributed by atoms with E-state index in [2.05, 4.69) is 43.3 Å². The standard InChI is InChI=1S/C21H25F/c1-3-5-21(22)16-20-14-12-19(13-15-20)11-10-18-8-6-17(4-2)7-9-18/h6-9,12-16H,3-5,10-11H2,1-2H3. The van der Waals surface area contributed by atoms with E-state index >= 15 is 0 Å². The molecule has 0 radical (unpaired) electrons. The molecule has 0 spiro atoms. The van der Waals surface area contributed by atoms with E-state index in [-0.39, 0.29) is 5.83 Å². The summed E-state index contributed by atoms with van der Waals surface area (Å²) in [6.07, 6.45) is 6.16. The van der Waals surface area contributed by atoms with Gasteiger partial charge in [-0.2, -0.15) is 0 Å². The average molecular weight is 296 g/mol. The number of benzene rings is 2. The van der Waals surface area contributed by atoms with E-state index in [1.165, 1.54) is 16.7 Å². The molecule has 0 aliphatic heterocycles. The maximum atomic E-state index is 13.5. The van der Waals surface area contributed by atoms with E-state index in [0.29, 0.717) is 6.42 Å². The molecule has 0 amide bonds. The minimum Gasteiger partial charge on any atom is -0.212 e. The Morgan fingerprint density at radius 3 is 1.82 bits per heavy atom. The molecule has 0 aliphatic carbocycles. The zero-order chi connectivity index (χ0) is 15.8. The first-order chi connectivity index (χ1) is 10.7. The molecular weight excluding hydrogens is 271 g/mol. The van der Waals surface area contributed by atoms with Gasteiger partial charge in [0.1, 0.15) is 5.83 Å². The maximum Gasteiger partial charge on any atom is 0.100 e. The minimum atomic E-state index is -0.0359. The Hall–Kier alpha value is -1.89. The lowest BCUT2D eigenvalue weighted by atomic mass is 10.0. The molecule has 2 aromatic carbocycles. The zero-order valence-corrected chi connectivity index (χ0v) is 13.6. The van der Waals surface area contributed by atoms with E-state index in [9.17, 15) is 4.39 Å². The first-order valence-electron chi connectivity index (χ1n) is 8.24. The predicted octanol–water partition coefficient (Wildman–Crippen LogP) is 6.14. The Bertz CT molecular complexity index is 591. The van der Waals surface area contributed by atoms with Gasteiger partial charge in [0, 0.05) is 0 Å². The molecule has 0 fully saturated rings. The summed E-state index contributed by atoms with van der Waals surface area (Å²) in [5.41, 5.74) is 5.00. The van der Waals surface area contributed by atoms with Gasteiger partial charge in [0.25, 0.3) is 0 Å². The van der Waals surface area contributed by atoms with Crippen molar-refractivity contribution in [1.29, 1.82) is 0 Å². The number of halogens is 1. The predicted molar refractivity (Wildman–Crippen MR) is 93.7 cm³/mol. The number of aryl methyl sites for hydroxylation is 3. The van der Waals surface area contributed by atoms with Crippen LogP contribution in [0.15, 0.2) is 54.4 Å². The fraction of sp³-hybridized carbons (Fsp3) is 0.333.